The molecule has 4 N–H and O–H groups in total. The first kappa shape index (κ1) is 17.9. The molecule has 19 heavy (non-hydrogen) atoms. The Morgan fingerprint density at radius 3 is 2.16 bits per heavy atom. The smallest absolute Gasteiger partial charge is 0.239 e. The SMILES string of the molecule is CC(C)[C@H](N)C(=O)NCC(=O)NCC(C)(C)N(C)C. The highest BCUT2D eigenvalue weighted by atomic mass is 16.2. The third kappa shape index (κ3) is 6.54. The first-order valence-electron chi connectivity index (χ1n) is 6.55. The van der Waals surface area contributed by atoms with Crippen molar-refractivity contribution >= 4 is 11.8 Å². The zero-order chi connectivity index (χ0) is 15.2. The molecule has 0 rings (SSSR count). The molecule has 0 aromatic carbocycles. The van der Waals surface area contributed by atoms with Gasteiger partial charge in [0.25, 0.3) is 0 Å². The molecule has 0 aliphatic carbocycles. The summed E-state index contributed by atoms with van der Waals surface area (Å²) in [6, 6.07) is -0.578. The number of nitrogens with zero attached hydrogens (tertiary/aromatic N) is 1. The molecule has 112 valence electrons. The number of hydrogen-bond donors (Lipinski definition) is 3. The van der Waals surface area contributed by atoms with Crippen molar-refractivity contribution in [1.29, 1.82) is 0 Å². The summed E-state index contributed by atoms with van der Waals surface area (Å²) in [5.74, 6) is -0.452. The van der Waals surface area contributed by atoms with Gasteiger partial charge in [-0.3, -0.25) is 9.59 Å². The molecule has 6 nitrogen and oxygen atoms in total. The van der Waals surface area contributed by atoms with Gasteiger partial charge in [0.1, 0.15) is 0 Å². The molecule has 0 radical (unpaired) electrons. The lowest BCUT2D eigenvalue weighted by molar-refractivity contribution is -0.127. The number of carbonyl (C=O) groups is 2. The van der Waals surface area contributed by atoms with Crippen LogP contribution in [0.4, 0.5) is 0 Å². The predicted octanol–water partition coefficient (Wildman–Crippen LogP) is -0.458. The van der Waals surface area contributed by atoms with Crippen LogP contribution in [0, 0.1) is 5.92 Å². The van der Waals surface area contributed by atoms with Gasteiger partial charge >= 0.3 is 0 Å². The van der Waals surface area contributed by atoms with Gasteiger partial charge in [-0.1, -0.05) is 13.8 Å². The van der Waals surface area contributed by atoms with Gasteiger partial charge in [0.05, 0.1) is 12.6 Å². The largest absolute Gasteiger partial charge is 0.353 e. The van der Waals surface area contributed by atoms with Gasteiger partial charge in [-0.15, -0.1) is 0 Å². The molecule has 0 unspecified atom stereocenters. The zero-order valence-corrected chi connectivity index (χ0v) is 12.9. The van der Waals surface area contributed by atoms with Crippen LogP contribution in [0.15, 0.2) is 0 Å². The number of likely N-dealkylation sites (N-methyl/N-ethyl adjacent to an activating group) is 1. The summed E-state index contributed by atoms with van der Waals surface area (Å²) >= 11 is 0. The van der Waals surface area contributed by atoms with Crippen LogP contribution in [0.25, 0.3) is 0 Å². The average Bonchev–Trinajstić information content (AvgIpc) is 2.32. The van der Waals surface area contributed by atoms with Gasteiger partial charge in [0.15, 0.2) is 0 Å². The summed E-state index contributed by atoms with van der Waals surface area (Å²) in [5.41, 5.74) is 5.55. The van der Waals surface area contributed by atoms with E-state index in [1.165, 1.54) is 0 Å². The van der Waals surface area contributed by atoms with Gasteiger partial charge in [-0.05, 0) is 33.9 Å². The summed E-state index contributed by atoms with van der Waals surface area (Å²) in [4.78, 5) is 25.2. The van der Waals surface area contributed by atoms with Crippen LogP contribution >= 0.6 is 0 Å². The third-order valence-corrected chi connectivity index (χ3v) is 3.37. The molecule has 0 aliphatic rings. The van der Waals surface area contributed by atoms with Crippen LogP contribution in [0.2, 0.25) is 0 Å². The predicted molar refractivity (Wildman–Crippen MR) is 76.6 cm³/mol. The van der Waals surface area contributed by atoms with Crippen LogP contribution in [0.1, 0.15) is 27.7 Å². The molecule has 0 aromatic heterocycles. The fourth-order valence-corrected chi connectivity index (χ4v) is 1.12. The lowest BCUT2D eigenvalue weighted by Gasteiger charge is -2.32. The molecule has 0 heterocycles. The maximum atomic E-state index is 11.6. The molecule has 0 bridgehead atoms. The van der Waals surface area contributed by atoms with Crippen LogP contribution in [-0.2, 0) is 9.59 Å². The summed E-state index contributed by atoms with van der Waals surface area (Å²) in [6.07, 6.45) is 0. The summed E-state index contributed by atoms with van der Waals surface area (Å²) in [7, 11) is 3.91. The molecule has 2 amide bonds. The highest BCUT2D eigenvalue weighted by Crippen LogP contribution is 2.07. The number of nitrogens with one attached hydrogen (secondary N) is 2. The van der Waals surface area contributed by atoms with E-state index < -0.39 is 6.04 Å². The quantitative estimate of drug-likeness (QED) is 0.585. The van der Waals surface area contributed by atoms with E-state index in [4.69, 9.17) is 5.73 Å². The molecule has 0 aliphatic heterocycles. The first-order valence-corrected chi connectivity index (χ1v) is 6.55. The van der Waals surface area contributed by atoms with E-state index in [0.717, 1.165) is 0 Å². The zero-order valence-electron chi connectivity index (χ0n) is 12.9. The van der Waals surface area contributed by atoms with E-state index in [2.05, 4.69) is 10.6 Å². The van der Waals surface area contributed by atoms with Gasteiger partial charge in [0, 0.05) is 12.1 Å². The standard InChI is InChI=1S/C13H28N4O2/c1-9(2)11(14)12(19)15-7-10(18)16-8-13(3,4)17(5)6/h9,11H,7-8,14H2,1-6H3,(H,15,19)(H,16,18)/t11-/m0/s1. The van der Waals surface area contributed by atoms with Crippen molar-refractivity contribution in [2.75, 3.05) is 27.2 Å². The molecule has 6 heteroatoms. The Balaban J connectivity index is 4.05. The Labute approximate surface area is 116 Å². The normalized spacial score (nSPS) is 13.5. The third-order valence-electron chi connectivity index (χ3n) is 3.37. The van der Waals surface area contributed by atoms with E-state index in [0.29, 0.717) is 6.54 Å². The second-order valence-electron chi connectivity index (χ2n) is 5.97. The molecule has 0 saturated heterocycles. The van der Waals surface area contributed by atoms with E-state index >= 15 is 0 Å². The highest BCUT2D eigenvalue weighted by molar-refractivity contribution is 5.87. The monoisotopic (exact) mass is 272 g/mol. The highest BCUT2D eigenvalue weighted by Gasteiger charge is 2.22. The van der Waals surface area contributed by atoms with Crippen molar-refractivity contribution in [2.24, 2.45) is 11.7 Å². The number of nitrogens with two attached hydrogens (primary N) is 1. The van der Waals surface area contributed by atoms with Crippen LogP contribution < -0.4 is 16.4 Å². The second kappa shape index (κ2) is 7.45. The summed E-state index contributed by atoms with van der Waals surface area (Å²) < 4.78 is 0. The van der Waals surface area contributed by atoms with Crippen molar-refractivity contribution in [3.8, 4) is 0 Å². The number of carbonyl (C=O) groups excluding carboxylic acids is 2. The average molecular weight is 272 g/mol. The van der Waals surface area contributed by atoms with Gasteiger partial charge in [-0.2, -0.15) is 0 Å². The van der Waals surface area contributed by atoms with Crippen molar-refractivity contribution < 1.29 is 9.59 Å². The van der Waals surface area contributed by atoms with E-state index in [9.17, 15) is 9.59 Å². The van der Waals surface area contributed by atoms with Crippen molar-refractivity contribution in [1.82, 2.24) is 15.5 Å². The molecule has 0 saturated carbocycles. The molecule has 0 fully saturated rings. The number of rotatable bonds is 7. The van der Waals surface area contributed by atoms with E-state index in [-0.39, 0.29) is 29.8 Å². The Kier molecular flexibility index (Phi) is 7.00. The Morgan fingerprint density at radius 1 is 1.21 bits per heavy atom. The fraction of sp³-hybridized carbons (Fsp3) is 0.846. The Morgan fingerprint density at radius 2 is 1.74 bits per heavy atom. The minimum absolute atomic E-state index is 0.0389. The molecular formula is C13H28N4O2. The Hall–Kier alpha value is -1.14. The number of hydrogen-bond acceptors (Lipinski definition) is 4. The maximum absolute atomic E-state index is 11.6. The molecule has 0 spiro atoms. The van der Waals surface area contributed by atoms with Gasteiger partial charge in [-0.25, -0.2) is 0 Å². The second-order valence-corrected chi connectivity index (χ2v) is 5.97. The molecule has 0 aromatic rings. The minimum atomic E-state index is -0.578. The first-order chi connectivity index (χ1) is 8.58. The summed E-state index contributed by atoms with van der Waals surface area (Å²) in [6.45, 7) is 8.27. The van der Waals surface area contributed by atoms with Gasteiger partial charge in [0.2, 0.25) is 11.8 Å². The lowest BCUT2D eigenvalue weighted by atomic mass is 10.0. The lowest BCUT2D eigenvalue weighted by Crippen LogP contribution is -2.51. The minimum Gasteiger partial charge on any atom is -0.353 e. The maximum Gasteiger partial charge on any atom is 0.239 e. The van der Waals surface area contributed by atoms with Crippen LogP contribution in [0.5, 0.6) is 0 Å². The van der Waals surface area contributed by atoms with Crippen molar-refractivity contribution in [3.05, 3.63) is 0 Å². The Bertz CT molecular complexity index is 314. The van der Waals surface area contributed by atoms with E-state index in [1.54, 1.807) is 0 Å². The molecular weight excluding hydrogens is 244 g/mol. The number of amides is 2. The topological polar surface area (TPSA) is 87.5 Å². The van der Waals surface area contributed by atoms with Crippen molar-refractivity contribution in [3.63, 3.8) is 0 Å². The van der Waals surface area contributed by atoms with Crippen LogP contribution in [-0.4, -0.2) is 55.5 Å². The summed E-state index contributed by atoms with van der Waals surface area (Å²) in [5, 5.41) is 5.33. The van der Waals surface area contributed by atoms with Crippen LogP contribution in [0.3, 0.4) is 0 Å². The fourth-order valence-electron chi connectivity index (χ4n) is 1.12. The molecule has 1 atom stereocenters. The van der Waals surface area contributed by atoms with Crippen molar-refractivity contribution in [2.45, 2.75) is 39.3 Å². The van der Waals surface area contributed by atoms with Gasteiger partial charge < -0.3 is 21.3 Å². The van der Waals surface area contributed by atoms with E-state index in [1.807, 2.05) is 46.7 Å².